The summed E-state index contributed by atoms with van der Waals surface area (Å²) in [4.78, 5) is 4.36. The summed E-state index contributed by atoms with van der Waals surface area (Å²) >= 11 is 0. The van der Waals surface area contributed by atoms with Crippen molar-refractivity contribution in [3.63, 3.8) is 0 Å². The van der Waals surface area contributed by atoms with E-state index in [1.165, 1.54) is 0 Å². The van der Waals surface area contributed by atoms with Gasteiger partial charge in [-0.2, -0.15) is 4.98 Å². The first-order valence-electron chi connectivity index (χ1n) is 6.54. The number of hydrogen-bond donors (Lipinski definition) is 1. The van der Waals surface area contributed by atoms with Gasteiger partial charge in [0.25, 0.3) is 0 Å². The van der Waals surface area contributed by atoms with Crippen LogP contribution in [0.1, 0.15) is 38.1 Å². The SMILES string of the molecule is CCCNC(C)Cc1nc(C2COCCO2)no1. The lowest BCUT2D eigenvalue weighted by atomic mass is 10.2. The minimum absolute atomic E-state index is 0.185. The predicted molar refractivity (Wildman–Crippen MR) is 65.3 cm³/mol. The van der Waals surface area contributed by atoms with Crippen molar-refractivity contribution in [1.82, 2.24) is 15.5 Å². The summed E-state index contributed by atoms with van der Waals surface area (Å²) in [7, 11) is 0. The summed E-state index contributed by atoms with van der Waals surface area (Å²) < 4.78 is 16.1. The fourth-order valence-corrected chi connectivity index (χ4v) is 1.84. The summed E-state index contributed by atoms with van der Waals surface area (Å²) in [5.41, 5.74) is 0. The molecule has 0 amide bonds. The summed E-state index contributed by atoms with van der Waals surface area (Å²) in [6, 6.07) is 0.335. The highest BCUT2D eigenvalue weighted by Crippen LogP contribution is 2.17. The van der Waals surface area contributed by atoms with Crippen LogP contribution < -0.4 is 5.32 Å². The van der Waals surface area contributed by atoms with Gasteiger partial charge in [-0.25, -0.2) is 0 Å². The summed E-state index contributed by atoms with van der Waals surface area (Å²) in [5, 5.41) is 7.34. The predicted octanol–water partition coefficient (Wildman–Crippen LogP) is 1.09. The maximum atomic E-state index is 5.52. The van der Waals surface area contributed by atoms with E-state index in [9.17, 15) is 0 Å². The molecule has 1 saturated heterocycles. The highest BCUT2D eigenvalue weighted by molar-refractivity contribution is 4.93. The summed E-state index contributed by atoms with van der Waals surface area (Å²) in [6.07, 6.45) is 1.67. The first-order chi connectivity index (χ1) is 8.79. The molecule has 1 N–H and O–H groups in total. The van der Waals surface area contributed by atoms with Gasteiger partial charge in [0.05, 0.1) is 19.8 Å². The maximum absolute atomic E-state index is 5.52. The number of nitrogens with zero attached hydrogens (tertiary/aromatic N) is 2. The molecule has 0 spiro atoms. The monoisotopic (exact) mass is 255 g/mol. The van der Waals surface area contributed by atoms with Gasteiger partial charge in [-0.1, -0.05) is 12.1 Å². The third kappa shape index (κ3) is 3.76. The lowest BCUT2D eigenvalue weighted by molar-refractivity contribution is -0.0941. The summed E-state index contributed by atoms with van der Waals surface area (Å²) in [6.45, 7) is 6.98. The van der Waals surface area contributed by atoms with Crippen molar-refractivity contribution >= 4 is 0 Å². The summed E-state index contributed by atoms with van der Waals surface area (Å²) in [5.74, 6) is 1.24. The standard InChI is InChI=1S/C12H21N3O3/c1-3-4-13-9(2)7-11-14-12(15-18-11)10-8-16-5-6-17-10/h9-10,13H,3-8H2,1-2H3. The van der Waals surface area contributed by atoms with Crippen LogP contribution in [-0.2, 0) is 15.9 Å². The van der Waals surface area contributed by atoms with Crippen molar-refractivity contribution in [3.05, 3.63) is 11.7 Å². The first-order valence-corrected chi connectivity index (χ1v) is 6.54. The van der Waals surface area contributed by atoms with E-state index in [0.29, 0.717) is 37.6 Å². The van der Waals surface area contributed by atoms with E-state index in [4.69, 9.17) is 14.0 Å². The van der Waals surface area contributed by atoms with Gasteiger partial charge in [-0.3, -0.25) is 0 Å². The van der Waals surface area contributed by atoms with Crippen LogP contribution in [0.15, 0.2) is 4.52 Å². The Hall–Kier alpha value is -0.980. The number of hydrogen-bond acceptors (Lipinski definition) is 6. The van der Waals surface area contributed by atoms with E-state index in [2.05, 4.69) is 29.3 Å². The van der Waals surface area contributed by atoms with Crippen molar-refractivity contribution < 1.29 is 14.0 Å². The second-order valence-electron chi connectivity index (χ2n) is 4.54. The van der Waals surface area contributed by atoms with Crippen LogP contribution in [0.2, 0.25) is 0 Å². The lowest BCUT2D eigenvalue weighted by Crippen LogP contribution is -2.28. The molecule has 6 heteroatoms. The topological polar surface area (TPSA) is 69.4 Å². The van der Waals surface area contributed by atoms with Crippen molar-refractivity contribution in [2.75, 3.05) is 26.4 Å². The van der Waals surface area contributed by atoms with E-state index in [1.807, 2.05) is 0 Å². The van der Waals surface area contributed by atoms with Crippen LogP contribution in [0.25, 0.3) is 0 Å². The lowest BCUT2D eigenvalue weighted by Gasteiger charge is -2.19. The molecule has 0 aliphatic carbocycles. The van der Waals surface area contributed by atoms with Crippen molar-refractivity contribution in [1.29, 1.82) is 0 Å². The number of nitrogens with one attached hydrogen (secondary N) is 1. The van der Waals surface area contributed by atoms with Crippen LogP contribution in [-0.4, -0.2) is 42.5 Å². The Labute approximate surface area is 107 Å². The highest BCUT2D eigenvalue weighted by atomic mass is 16.6. The molecule has 2 heterocycles. The maximum Gasteiger partial charge on any atom is 0.228 e. The van der Waals surface area contributed by atoms with Crippen LogP contribution in [0.3, 0.4) is 0 Å². The molecular formula is C12H21N3O3. The zero-order valence-corrected chi connectivity index (χ0v) is 11.0. The number of ether oxygens (including phenoxy) is 2. The quantitative estimate of drug-likeness (QED) is 0.820. The molecule has 0 aromatic carbocycles. The number of rotatable bonds is 6. The van der Waals surface area contributed by atoms with Crippen molar-refractivity contribution in [2.45, 2.75) is 38.8 Å². The Morgan fingerprint density at radius 1 is 1.44 bits per heavy atom. The smallest absolute Gasteiger partial charge is 0.228 e. The van der Waals surface area contributed by atoms with Crippen LogP contribution in [0, 0.1) is 0 Å². The molecule has 6 nitrogen and oxygen atoms in total. The first kappa shape index (κ1) is 13.5. The molecule has 0 bridgehead atoms. The Balaban J connectivity index is 1.85. The zero-order chi connectivity index (χ0) is 12.8. The molecular weight excluding hydrogens is 234 g/mol. The molecule has 0 saturated carbocycles. The molecule has 18 heavy (non-hydrogen) atoms. The van der Waals surface area contributed by atoms with Crippen LogP contribution in [0.5, 0.6) is 0 Å². The van der Waals surface area contributed by atoms with Gasteiger partial charge in [-0.15, -0.1) is 0 Å². The Kier molecular flexibility index (Phi) is 5.10. The van der Waals surface area contributed by atoms with E-state index in [0.717, 1.165) is 19.4 Å². The number of aromatic nitrogens is 2. The van der Waals surface area contributed by atoms with Gasteiger partial charge < -0.3 is 19.3 Å². The fraction of sp³-hybridized carbons (Fsp3) is 0.833. The van der Waals surface area contributed by atoms with Crippen LogP contribution >= 0.6 is 0 Å². The molecule has 1 aliphatic rings. The Bertz CT molecular complexity index is 350. The largest absolute Gasteiger partial charge is 0.376 e. The Morgan fingerprint density at radius 3 is 3.06 bits per heavy atom. The molecule has 0 radical (unpaired) electrons. The highest BCUT2D eigenvalue weighted by Gasteiger charge is 2.22. The molecule has 2 rings (SSSR count). The normalized spacial score (nSPS) is 22.0. The molecule has 2 atom stereocenters. The average Bonchev–Trinajstić information content (AvgIpc) is 2.86. The molecule has 1 aromatic rings. The third-order valence-corrected chi connectivity index (χ3v) is 2.81. The minimum Gasteiger partial charge on any atom is -0.376 e. The van der Waals surface area contributed by atoms with Crippen molar-refractivity contribution in [3.8, 4) is 0 Å². The average molecular weight is 255 g/mol. The van der Waals surface area contributed by atoms with Gasteiger partial charge in [0.15, 0.2) is 0 Å². The van der Waals surface area contributed by atoms with E-state index in [1.54, 1.807) is 0 Å². The van der Waals surface area contributed by atoms with E-state index < -0.39 is 0 Å². The third-order valence-electron chi connectivity index (χ3n) is 2.81. The fourth-order valence-electron chi connectivity index (χ4n) is 1.84. The Morgan fingerprint density at radius 2 is 2.33 bits per heavy atom. The van der Waals surface area contributed by atoms with E-state index >= 15 is 0 Å². The van der Waals surface area contributed by atoms with E-state index in [-0.39, 0.29) is 6.10 Å². The molecule has 1 aromatic heterocycles. The second kappa shape index (κ2) is 6.82. The van der Waals surface area contributed by atoms with Gasteiger partial charge in [0.2, 0.25) is 11.7 Å². The van der Waals surface area contributed by atoms with Gasteiger partial charge in [0.1, 0.15) is 6.10 Å². The molecule has 1 aliphatic heterocycles. The van der Waals surface area contributed by atoms with Gasteiger partial charge in [-0.05, 0) is 19.9 Å². The molecule has 2 unspecified atom stereocenters. The molecule has 1 fully saturated rings. The van der Waals surface area contributed by atoms with Crippen LogP contribution in [0.4, 0.5) is 0 Å². The second-order valence-corrected chi connectivity index (χ2v) is 4.54. The zero-order valence-electron chi connectivity index (χ0n) is 11.0. The minimum atomic E-state index is -0.185. The van der Waals surface area contributed by atoms with Gasteiger partial charge in [0, 0.05) is 12.5 Å². The van der Waals surface area contributed by atoms with Crippen molar-refractivity contribution in [2.24, 2.45) is 0 Å². The molecule has 102 valence electrons. The van der Waals surface area contributed by atoms with Gasteiger partial charge >= 0.3 is 0 Å².